The van der Waals surface area contributed by atoms with Crippen molar-refractivity contribution >= 4 is 10.2 Å². The Morgan fingerprint density at radius 3 is 2.04 bits per heavy atom. The van der Waals surface area contributed by atoms with Gasteiger partial charge in [-0.15, -0.1) is 0 Å². The first-order valence-corrected chi connectivity index (χ1v) is 10.6. The summed E-state index contributed by atoms with van der Waals surface area (Å²) in [6.45, 7) is 6.74. The van der Waals surface area contributed by atoms with Gasteiger partial charge in [-0.25, -0.2) is 0 Å². The number of piperidine rings is 2. The lowest BCUT2D eigenvalue weighted by atomic mass is 10.0. The van der Waals surface area contributed by atoms with Gasteiger partial charge >= 0.3 is 0 Å². The number of hydrogen-bond donors (Lipinski definition) is 0. The lowest BCUT2D eigenvalue weighted by Gasteiger charge is -2.41. The van der Waals surface area contributed by atoms with Gasteiger partial charge in [0.1, 0.15) is 0 Å². The molecule has 0 saturated carbocycles. The van der Waals surface area contributed by atoms with E-state index in [9.17, 15) is 8.42 Å². The maximum atomic E-state index is 12.7. The first-order chi connectivity index (χ1) is 11.1. The smallest absolute Gasteiger partial charge is 0.282 e. The first-order valence-electron chi connectivity index (χ1n) is 9.25. The van der Waals surface area contributed by atoms with Crippen LogP contribution in [0.2, 0.25) is 0 Å². The molecule has 0 aliphatic carbocycles. The van der Waals surface area contributed by atoms with E-state index in [4.69, 9.17) is 0 Å². The summed E-state index contributed by atoms with van der Waals surface area (Å²) in [5.41, 5.74) is 0. The third-order valence-corrected chi connectivity index (χ3v) is 7.72. The molecule has 0 spiro atoms. The summed E-state index contributed by atoms with van der Waals surface area (Å²) in [7, 11) is -1.000. The Balaban J connectivity index is 1.49. The highest BCUT2D eigenvalue weighted by atomic mass is 32.2. The van der Waals surface area contributed by atoms with Crippen LogP contribution in [0.3, 0.4) is 0 Å². The van der Waals surface area contributed by atoms with Crippen molar-refractivity contribution in [3.63, 3.8) is 0 Å². The number of rotatable bonds is 4. The minimum atomic E-state index is -3.22. The zero-order chi connectivity index (χ0) is 16.3. The lowest BCUT2D eigenvalue weighted by Crippen LogP contribution is -2.55. The summed E-state index contributed by atoms with van der Waals surface area (Å²) >= 11 is 0. The monoisotopic (exact) mass is 344 g/mol. The van der Waals surface area contributed by atoms with Gasteiger partial charge in [0.15, 0.2) is 0 Å². The highest BCUT2D eigenvalue weighted by molar-refractivity contribution is 7.86. The average Bonchev–Trinajstić information content (AvgIpc) is 2.58. The summed E-state index contributed by atoms with van der Waals surface area (Å²) < 4.78 is 28.8. The van der Waals surface area contributed by atoms with E-state index in [0.717, 1.165) is 38.9 Å². The summed E-state index contributed by atoms with van der Waals surface area (Å²) in [5.74, 6) is 0. The SMILES string of the molecule is CN1CCCC[C@@H]1CN1CCN(S(=O)(=O)N2CCCCC2)CC1. The minimum Gasteiger partial charge on any atom is -0.302 e. The standard InChI is InChI=1S/C16H32N4O2S/c1-17-8-6-3-7-16(17)15-18-11-13-20(14-12-18)23(21,22)19-9-4-2-5-10-19/h16H,2-15H2,1H3/t16-/m1/s1. The van der Waals surface area contributed by atoms with Crippen LogP contribution < -0.4 is 0 Å². The fourth-order valence-corrected chi connectivity index (χ4v) is 5.75. The van der Waals surface area contributed by atoms with Gasteiger partial charge in [0.25, 0.3) is 10.2 Å². The lowest BCUT2D eigenvalue weighted by molar-refractivity contribution is 0.104. The molecule has 0 aromatic heterocycles. The van der Waals surface area contributed by atoms with Gasteiger partial charge in [-0.3, -0.25) is 4.90 Å². The second-order valence-corrected chi connectivity index (χ2v) is 9.23. The largest absolute Gasteiger partial charge is 0.302 e. The van der Waals surface area contributed by atoms with E-state index in [1.807, 2.05) is 0 Å². The molecule has 0 aromatic carbocycles. The molecule has 3 aliphatic rings. The molecule has 3 aliphatic heterocycles. The highest BCUT2D eigenvalue weighted by Gasteiger charge is 2.33. The molecule has 3 heterocycles. The van der Waals surface area contributed by atoms with Crippen LogP contribution in [-0.4, -0.2) is 92.3 Å². The molecule has 3 saturated heterocycles. The van der Waals surface area contributed by atoms with Gasteiger partial charge in [-0.05, 0) is 39.3 Å². The van der Waals surface area contributed by atoms with E-state index < -0.39 is 10.2 Å². The Hall–Kier alpha value is -0.210. The molecule has 134 valence electrons. The number of piperazine rings is 1. The Morgan fingerprint density at radius 2 is 1.39 bits per heavy atom. The van der Waals surface area contributed by atoms with Crippen molar-refractivity contribution in [1.82, 2.24) is 18.4 Å². The second-order valence-electron chi connectivity index (χ2n) is 7.30. The van der Waals surface area contributed by atoms with E-state index in [-0.39, 0.29) is 0 Å². The Bertz CT molecular complexity index is 470. The summed E-state index contributed by atoms with van der Waals surface area (Å²) in [4.78, 5) is 4.93. The molecule has 0 aromatic rings. The predicted molar refractivity (Wildman–Crippen MR) is 92.6 cm³/mol. The van der Waals surface area contributed by atoms with Gasteiger partial charge in [-0.2, -0.15) is 17.0 Å². The van der Waals surface area contributed by atoms with Gasteiger partial charge in [-0.1, -0.05) is 12.8 Å². The molecule has 6 nitrogen and oxygen atoms in total. The normalized spacial score (nSPS) is 30.6. The van der Waals surface area contributed by atoms with E-state index in [2.05, 4.69) is 16.8 Å². The van der Waals surface area contributed by atoms with Crippen LogP contribution >= 0.6 is 0 Å². The van der Waals surface area contributed by atoms with Crippen LogP contribution in [0.1, 0.15) is 38.5 Å². The van der Waals surface area contributed by atoms with Gasteiger partial charge in [0.05, 0.1) is 0 Å². The van der Waals surface area contributed by atoms with Gasteiger partial charge in [0, 0.05) is 51.9 Å². The maximum Gasteiger partial charge on any atom is 0.282 e. The molecular weight excluding hydrogens is 312 g/mol. The van der Waals surface area contributed by atoms with Crippen LogP contribution in [-0.2, 0) is 10.2 Å². The summed E-state index contributed by atoms with van der Waals surface area (Å²) in [6, 6.07) is 0.647. The molecule has 3 fully saturated rings. The summed E-state index contributed by atoms with van der Waals surface area (Å²) in [5, 5.41) is 0. The molecule has 0 unspecified atom stereocenters. The van der Waals surface area contributed by atoms with Crippen LogP contribution in [0.25, 0.3) is 0 Å². The highest BCUT2D eigenvalue weighted by Crippen LogP contribution is 2.20. The molecule has 0 N–H and O–H groups in total. The van der Waals surface area contributed by atoms with Crippen molar-refractivity contribution in [3.8, 4) is 0 Å². The second kappa shape index (κ2) is 7.78. The first kappa shape index (κ1) is 17.6. The summed E-state index contributed by atoms with van der Waals surface area (Å²) in [6.07, 6.45) is 7.10. The Kier molecular flexibility index (Phi) is 5.96. The van der Waals surface area contributed by atoms with Crippen molar-refractivity contribution in [1.29, 1.82) is 0 Å². The molecule has 7 heteroatoms. The van der Waals surface area contributed by atoms with E-state index in [1.54, 1.807) is 8.61 Å². The van der Waals surface area contributed by atoms with Gasteiger partial charge < -0.3 is 4.90 Å². The minimum absolute atomic E-state index is 0.647. The Labute approximate surface area is 141 Å². The van der Waals surface area contributed by atoms with E-state index >= 15 is 0 Å². The number of hydrogen-bond acceptors (Lipinski definition) is 4. The zero-order valence-corrected chi connectivity index (χ0v) is 15.3. The maximum absolute atomic E-state index is 12.7. The van der Waals surface area contributed by atoms with Crippen molar-refractivity contribution in [3.05, 3.63) is 0 Å². The van der Waals surface area contributed by atoms with E-state index in [0.29, 0.717) is 32.2 Å². The van der Waals surface area contributed by atoms with Crippen molar-refractivity contribution in [2.45, 2.75) is 44.6 Å². The number of likely N-dealkylation sites (tertiary alicyclic amines) is 1. The van der Waals surface area contributed by atoms with Crippen LogP contribution in [0.15, 0.2) is 0 Å². The fourth-order valence-electron chi connectivity index (χ4n) is 4.07. The fraction of sp³-hybridized carbons (Fsp3) is 1.00. The Morgan fingerprint density at radius 1 is 0.783 bits per heavy atom. The number of likely N-dealkylation sites (N-methyl/N-ethyl adjacent to an activating group) is 1. The molecular formula is C16H32N4O2S. The van der Waals surface area contributed by atoms with Crippen molar-refractivity contribution in [2.24, 2.45) is 0 Å². The van der Waals surface area contributed by atoms with Crippen LogP contribution in [0.5, 0.6) is 0 Å². The van der Waals surface area contributed by atoms with Crippen LogP contribution in [0.4, 0.5) is 0 Å². The van der Waals surface area contributed by atoms with Crippen molar-refractivity contribution < 1.29 is 8.42 Å². The average molecular weight is 345 g/mol. The van der Waals surface area contributed by atoms with Gasteiger partial charge in [0.2, 0.25) is 0 Å². The predicted octanol–water partition coefficient (Wildman–Crippen LogP) is 0.819. The quantitative estimate of drug-likeness (QED) is 0.758. The molecule has 0 bridgehead atoms. The molecule has 0 amide bonds. The third-order valence-electron chi connectivity index (χ3n) is 5.69. The molecule has 1 atom stereocenters. The zero-order valence-electron chi connectivity index (χ0n) is 14.5. The van der Waals surface area contributed by atoms with E-state index in [1.165, 1.54) is 25.8 Å². The molecule has 23 heavy (non-hydrogen) atoms. The van der Waals surface area contributed by atoms with Crippen LogP contribution in [0, 0.1) is 0 Å². The molecule has 3 rings (SSSR count). The number of nitrogens with zero attached hydrogens (tertiary/aromatic N) is 4. The van der Waals surface area contributed by atoms with Crippen molar-refractivity contribution in [2.75, 3.05) is 59.4 Å². The molecule has 0 radical (unpaired) electrons. The topological polar surface area (TPSA) is 47.1 Å². The third kappa shape index (κ3) is 4.25.